The van der Waals surface area contributed by atoms with E-state index in [4.69, 9.17) is 16.3 Å². The Balaban J connectivity index is 1.99. The fraction of sp³-hybridized carbons (Fsp3) is 0.235. The van der Waals surface area contributed by atoms with Gasteiger partial charge in [0.2, 0.25) is 0 Å². The summed E-state index contributed by atoms with van der Waals surface area (Å²) in [6.07, 6.45) is 0. The predicted octanol–water partition coefficient (Wildman–Crippen LogP) is 4.29. The van der Waals surface area contributed by atoms with E-state index in [-0.39, 0.29) is 5.78 Å². The number of nitriles is 1. The van der Waals surface area contributed by atoms with Crippen molar-refractivity contribution in [3.63, 3.8) is 0 Å². The number of rotatable bonds is 6. The molecule has 1 heterocycles. The number of carbonyl (C=O) groups is 1. The van der Waals surface area contributed by atoms with Crippen LogP contribution >= 0.6 is 23.4 Å². The summed E-state index contributed by atoms with van der Waals surface area (Å²) in [5, 5.41) is 10.5. The lowest BCUT2D eigenvalue weighted by atomic mass is 10.1. The molecule has 0 amide bonds. The second-order valence-electron chi connectivity index (χ2n) is 4.80. The standard InChI is InChI=1S/C17H15ClN2O2S/c1-11-16(12(2)21)8-13(10-19)17(20-11)23-7-6-22-15-5-3-4-14(18)9-15/h3-5,8-9H,6-7H2,1-2H3. The van der Waals surface area contributed by atoms with Crippen molar-refractivity contribution < 1.29 is 9.53 Å². The van der Waals surface area contributed by atoms with Crippen LogP contribution in [0.3, 0.4) is 0 Å². The summed E-state index contributed by atoms with van der Waals surface area (Å²) in [6.45, 7) is 3.70. The highest BCUT2D eigenvalue weighted by molar-refractivity contribution is 7.99. The molecule has 1 aromatic carbocycles. The second-order valence-corrected chi connectivity index (χ2v) is 6.32. The van der Waals surface area contributed by atoms with Gasteiger partial charge in [-0.3, -0.25) is 4.79 Å². The molecule has 0 saturated heterocycles. The minimum absolute atomic E-state index is 0.0904. The molecule has 0 radical (unpaired) electrons. The van der Waals surface area contributed by atoms with Crippen LogP contribution in [0.5, 0.6) is 5.75 Å². The number of hydrogen-bond acceptors (Lipinski definition) is 5. The van der Waals surface area contributed by atoms with Crippen molar-refractivity contribution in [2.24, 2.45) is 0 Å². The van der Waals surface area contributed by atoms with Gasteiger partial charge in [-0.15, -0.1) is 11.8 Å². The van der Waals surface area contributed by atoms with Crippen LogP contribution in [-0.2, 0) is 0 Å². The van der Waals surface area contributed by atoms with E-state index < -0.39 is 0 Å². The number of aromatic nitrogens is 1. The number of benzene rings is 1. The molecule has 0 bridgehead atoms. The van der Waals surface area contributed by atoms with Crippen molar-refractivity contribution in [3.05, 3.63) is 52.2 Å². The van der Waals surface area contributed by atoms with E-state index in [1.807, 2.05) is 12.1 Å². The van der Waals surface area contributed by atoms with E-state index in [9.17, 15) is 10.1 Å². The van der Waals surface area contributed by atoms with Crippen LogP contribution in [0.4, 0.5) is 0 Å². The Bertz CT molecular complexity index is 772. The summed E-state index contributed by atoms with van der Waals surface area (Å²) in [6, 6.07) is 10.9. The molecule has 0 saturated carbocycles. The number of ether oxygens (including phenoxy) is 1. The highest BCUT2D eigenvalue weighted by atomic mass is 35.5. The van der Waals surface area contributed by atoms with Crippen molar-refractivity contribution >= 4 is 29.1 Å². The van der Waals surface area contributed by atoms with E-state index in [1.54, 1.807) is 25.1 Å². The third kappa shape index (κ3) is 4.72. The molecule has 0 spiro atoms. The SMILES string of the molecule is CC(=O)c1cc(C#N)c(SCCOc2cccc(Cl)c2)nc1C. The molecule has 23 heavy (non-hydrogen) atoms. The maximum Gasteiger partial charge on any atom is 0.161 e. The van der Waals surface area contributed by atoms with Gasteiger partial charge in [-0.25, -0.2) is 4.98 Å². The average molecular weight is 347 g/mol. The van der Waals surface area contributed by atoms with Gasteiger partial charge >= 0.3 is 0 Å². The molecule has 4 nitrogen and oxygen atoms in total. The molecule has 0 aliphatic heterocycles. The number of halogens is 1. The van der Waals surface area contributed by atoms with E-state index in [2.05, 4.69) is 11.1 Å². The largest absolute Gasteiger partial charge is 0.493 e. The first kappa shape index (κ1) is 17.3. The van der Waals surface area contributed by atoms with Gasteiger partial charge in [-0.1, -0.05) is 17.7 Å². The lowest BCUT2D eigenvalue weighted by molar-refractivity contribution is 0.101. The molecular weight excluding hydrogens is 332 g/mol. The van der Waals surface area contributed by atoms with Crippen molar-refractivity contribution in [3.8, 4) is 11.8 Å². The number of thioether (sulfide) groups is 1. The first-order chi connectivity index (χ1) is 11.0. The van der Waals surface area contributed by atoms with Gasteiger partial charge in [-0.05, 0) is 38.1 Å². The number of nitrogens with zero attached hydrogens (tertiary/aromatic N) is 2. The van der Waals surface area contributed by atoms with Gasteiger partial charge in [0.25, 0.3) is 0 Å². The maximum absolute atomic E-state index is 11.5. The van der Waals surface area contributed by atoms with Crippen molar-refractivity contribution in [1.29, 1.82) is 5.26 Å². The van der Waals surface area contributed by atoms with Crippen LogP contribution in [0.1, 0.15) is 28.5 Å². The third-order valence-electron chi connectivity index (χ3n) is 3.06. The Morgan fingerprint density at radius 3 is 2.87 bits per heavy atom. The van der Waals surface area contributed by atoms with Gasteiger partial charge < -0.3 is 4.74 Å². The highest BCUT2D eigenvalue weighted by Crippen LogP contribution is 2.23. The van der Waals surface area contributed by atoms with Gasteiger partial charge in [0.1, 0.15) is 16.8 Å². The van der Waals surface area contributed by atoms with Gasteiger partial charge in [-0.2, -0.15) is 5.26 Å². The van der Waals surface area contributed by atoms with E-state index in [0.717, 1.165) is 0 Å². The fourth-order valence-corrected chi connectivity index (χ4v) is 2.99. The first-order valence-corrected chi connectivity index (χ1v) is 8.31. The molecule has 0 unspecified atom stereocenters. The van der Waals surface area contributed by atoms with Crippen molar-refractivity contribution in [2.45, 2.75) is 18.9 Å². The first-order valence-electron chi connectivity index (χ1n) is 6.95. The number of carbonyl (C=O) groups excluding carboxylic acids is 1. The van der Waals surface area contributed by atoms with Crippen LogP contribution < -0.4 is 4.74 Å². The highest BCUT2D eigenvalue weighted by Gasteiger charge is 2.12. The molecule has 0 N–H and O–H groups in total. The fourth-order valence-electron chi connectivity index (χ4n) is 1.98. The van der Waals surface area contributed by atoms with E-state index in [1.165, 1.54) is 18.7 Å². The third-order valence-corrected chi connectivity index (χ3v) is 4.26. The number of aryl methyl sites for hydroxylation is 1. The molecular formula is C17H15ClN2O2S. The number of Topliss-reactive ketones (excluding diaryl/α,β-unsaturated/α-hetero) is 1. The van der Waals surface area contributed by atoms with Crippen LogP contribution in [0.2, 0.25) is 5.02 Å². The zero-order valence-electron chi connectivity index (χ0n) is 12.8. The Labute approximate surface area is 144 Å². The summed E-state index contributed by atoms with van der Waals surface area (Å²) in [7, 11) is 0. The summed E-state index contributed by atoms with van der Waals surface area (Å²) in [5.74, 6) is 1.24. The molecule has 6 heteroatoms. The molecule has 1 aromatic heterocycles. The summed E-state index contributed by atoms with van der Waals surface area (Å²) < 4.78 is 5.60. The molecule has 0 fully saturated rings. The summed E-state index contributed by atoms with van der Waals surface area (Å²) >= 11 is 7.32. The number of pyridine rings is 1. The molecule has 0 aliphatic carbocycles. The average Bonchev–Trinajstić information content (AvgIpc) is 2.51. The number of ketones is 1. The van der Waals surface area contributed by atoms with Crippen LogP contribution in [-0.4, -0.2) is 23.1 Å². The van der Waals surface area contributed by atoms with E-state index in [0.29, 0.717) is 45.0 Å². The molecule has 2 aromatic rings. The Kier molecular flexibility index (Phi) is 6.03. The lowest BCUT2D eigenvalue weighted by Gasteiger charge is -2.09. The van der Waals surface area contributed by atoms with Crippen LogP contribution in [0, 0.1) is 18.3 Å². The predicted molar refractivity (Wildman–Crippen MR) is 91.4 cm³/mol. The smallest absolute Gasteiger partial charge is 0.161 e. The zero-order valence-corrected chi connectivity index (χ0v) is 14.4. The second kappa shape index (κ2) is 8.00. The van der Waals surface area contributed by atoms with Gasteiger partial charge in [0.05, 0.1) is 12.2 Å². The lowest BCUT2D eigenvalue weighted by Crippen LogP contribution is -2.04. The van der Waals surface area contributed by atoms with Crippen molar-refractivity contribution in [2.75, 3.05) is 12.4 Å². The van der Waals surface area contributed by atoms with Crippen molar-refractivity contribution in [1.82, 2.24) is 4.98 Å². The van der Waals surface area contributed by atoms with Gasteiger partial charge in [0.15, 0.2) is 5.78 Å². The zero-order chi connectivity index (χ0) is 16.8. The summed E-state index contributed by atoms with van der Waals surface area (Å²) in [5.41, 5.74) is 1.53. The molecule has 2 rings (SSSR count). The molecule has 0 atom stereocenters. The van der Waals surface area contributed by atoms with E-state index >= 15 is 0 Å². The summed E-state index contributed by atoms with van der Waals surface area (Å²) in [4.78, 5) is 15.9. The van der Waals surface area contributed by atoms with Crippen LogP contribution in [0.25, 0.3) is 0 Å². The quantitative estimate of drug-likeness (QED) is 0.443. The molecule has 0 aliphatic rings. The minimum atomic E-state index is -0.0904. The molecule has 118 valence electrons. The van der Waals surface area contributed by atoms with Crippen LogP contribution in [0.15, 0.2) is 35.4 Å². The Morgan fingerprint density at radius 1 is 1.43 bits per heavy atom. The topological polar surface area (TPSA) is 63.0 Å². The minimum Gasteiger partial charge on any atom is -0.493 e. The number of hydrogen-bond donors (Lipinski definition) is 0. The monoisotopic (exact) mass is 346 g/mol. The normalized spacial score (nSPS) is 10.2. The van der Waals surface area contributed by atoms with Gasteiger partial charge in [0, 0.05) is 22.0 Å². The Hall–Kier alpha value is -2.03. The Morgan fingerprint density at radius 2 is 2.22 bits per heavy atom. The maximum atomic E-state index is 11.5.